The molecule has 1 aliphatic carbocycles. The van der Waals surface area contributed by atoms with Crippen molar-refractivity contribution in [1.29, 1.82) is 0 Å². The molecule has 2 atom stereocenters. The average molecular weight is 487 g/mol. The normalized spacial score (nSPS) is 22.5. The van der Waals surface area contributed by atoms with Crippen LogP contribution in [0.2, 0.25) is 0 Å². The van der Waals surface area contributed by atoms with Gasteiger partial charge >= 0.3 is 0 Å². The lowest BCUT2D eigenvalue weighted by atomic mass is 9.61. The molecular formula is C35H38N2. The minimum atomic E-state index is 0.0536. The predicted octanol–water partition coefficient (Wildman–Crippen LogP) is 9.82. The molecule has 1 saturated carbocycles. The van der Waals surface area contributed by atoms with Crippen LogP contribution >= 0.6 is 0 Å². The largest absolute Gasteiger partial charge is 0.334 e. The van der Waals surface area contributed by atoms with E-state index in [4.69, 9.17) is 0 Å². The molecule has 0 saturated heterocycles. The first-order valence-electron chi connectivity index (χ1n) is 13.8. The molecule has 1 fully saturated rings. The van der Waals surface area contributed by atoms with Crippen molar-refractivity contribution in [1.82, 2.24) is 0 Å². The van der Waals surface area contributed by atoms with Crippen LogP contribution in [0.4, 0.5) is 28.4 Å². The molecule has 2 unspecified atom stereocenters. The number of nitrogens with zero attached hydrogens (tertiary/aromatic N) is 2. The number of hydrogen-bond acceptors (Lipinski definition) is 2. The Kier molecular flexibility index (Phi) is 5.67. The molecule has 2 nitrogen and oxygen atoms in total. The molecule has 6 rings (SSSR count). The maximum Gasteiger partial charge on any atom is 0.0517 e. The molecule has 0 amide bonds. The first-order chi connectivity index (χ1) is 17.8. The fourth-order valence-electron chi connectivity index (χ4n) is 7.01. The van der Waals surface area contributed by atoms with Crippen LogP contribution in [0.5, 0.6) is 0 Å². The van der Waals surface area contributed by atoms with E-state index >= 15 is 0 Å². The summed E-state index contributed by atoms with van der Waals surface area (Å²) in [5, 5.41) is 0. The Bertz CT molecular complexity index is 1450. The Hall–Kier alpha value is -3.52. The minimum Gasteiger partial charge on any atom is -0.334 e. The summed E-state index contributed by atoms with van der Waals surface area (Å²) in [5.41, 5.74) is 11.8. The van der Waals surface area contributed by atoms with Gasteiger partial charge < -0.3 is 9.80 Å². The van der Waals surface area contributed by atoms with Gasteiger partial charge in [-0.2, -0.15) is 0 Å². The van der Waals surface area contributed by atoms with Crippen LogP contribution in [-0.2, 0) is 5.41 Å². The Balaban J connectivity index is 1.55. The van der Waals surface area contributed by atoms with E-state index in [1.165, 1.54) is 76.4 Å². The summed E-state index contributed by atoms with van der Waals surface area (Å²) in [7, 11) is 0. The molecule has 188 valence electrons. The number of benzene rings is 4. The zero-order chi connectivity index (χ0) is 25.8. The van der Waals surface area contributed by atoms with Crippen LogP contribution < -0.4 is 9.80 Å². The molecule has 1 heterocycles. The lowest BCUT2D eigenvalue weighted by Gasteiger charge is -2.50. The van der Waals surface area contributed by atoms with Crippen molar-refractivity contribution in [3.63, 3.8) is 0 Å². The van der Waals surface area contributed by atoms with Crippen molar-refractivity contribution in [2.45, 2.75) is 71.3 Å². The fourth-order valence-corrected chi connectivity index (χ4v) is 7.01. The summed E-state index contributed by atoms with van der Waals surface area (Å²) in [4.78, 5) is 5.09. The smallest absolute Gasteiger partial charge is 0.0517 e. The number of hydrogen-bond donors (Lipinski definition) is 0. The van der Waals surface area contributed by atoms with Gasteiger partial charge in [0, 0.05) is 33.9 Å². The van der Waals surface area contributed by atoms with Gasteiger partial charge in [-0.15, -0.1) is 0 Å². The second-order valence-corrected chi connectivity index (χ2v) is 11.7. The van der Waals surface area contributed by atoms with Crippen molar-refractivity contribution >= 4 is 28.4 Å². The summed E-state index contributed by atoms with van der Waals surface area (Å²) < 4.78 is 0. The molecular weight excluding hydrogens is 448 g/mol. The fraction of sp³-hybridized carbons (Fsp3) is 0.314. The van der Waals surface area contributed by atoms with Gasteiger partial charge in [-0.05, 0) is 106 Å². The Morgan fingerprint density at radius 2 is 1.35 bits per heavy atom. The second-order valence-electron chi connectivity index (χ2n) is 11.7. The highest BCUT2D eigenvalue weighted by atomic mass is 15.3. The van der Waals surface area contributed by atoms with E-state index in [-0.39, 0.29) is 11.0 Å². The van der Waals surface area contributed by atoms with Crippen LogP contribution in [0, 0.1) is 20.8 Å². The van der Waals surface area contributed by atoms with E-state index in [1.54, 1.807) is 0 Å². The van der Waals surface area contributed by atoms with Crippen LogP contribution in [-0.4, -0.2) is 5.54 Å². The van der Waals surface area contributed by atoms with Gasteiger partial charge in [-0.25, -0.2) is 0 Å². The van der Waals surface area contributed by atoms with Crippen LogP contribution in [0.3, 0.4) is 0 Å². The zero-order valence-corrected chi connectivity index (χ0v) is 22.9. The SMILES string of the molecule is Cc1ccc(N(c2cccc(C)c2)c2cc(C)cc(N3c4ccccc4C4(C)CCCCC34C)c2)cc1. The van der Waals surface area contributed by atoms with Crippen LogP contribution in [0.25, 0.3) is 0 Å². The third-order valence-corrected chi connectivity index (χ3v) is 9.13. The first kappa shape index (κ1) is 23.9. The molecule has 1 aliphatic heterocycles. The molecule has 2 aliphatic rings. The summed E-state index contributed by atoms with van der Waals surface area (Å²) in [5.74, 6) is 0. The summed E-state index contributed by atoms with van der Waals surface area (Å²) in [6.07, 6.45) is 5.05. The molecule has 0 radical (unpaired) electrons. The number of anilines is 5. The maximum atomic E-state index is 2.68. The van der Waals surface area contributed by atoms with Crippen molar-refractivity contribution in [2.24, 2.45) is 0 Å². The minimum absolute atomic E-state index is 0.0536. The van der Waals surface area contributed by atoms with Gasteiger partial charge in [0.15, 0.2) is 0 Å². The van der Waals surface area contributed by atoms with Gasteiger partial charge in [0.05, 0.1) is 5.54 Å². The molecule has 37 heavy (non-hydrogen) atoms. The van der Waals surface area contributed by atoms with Crippen LogP contribution in [0.15, 0.2) is 91.0 Å². The Labute approximate surface area is 222 Å². The van der Waals surface area contributed by atoms with E-state index in [1.807, 2.05) is 0 Å². The molecule has 0 aromatic heterocycles. The molecule has 0 spiro atoms. The van der Waals surface area contributed by atoms with Gasteiger partial charge in [0.1, 0.15) is 0 Å². The molecule has 0 N–H and O–H groups in total. The van der Waals surface area contributed by atoms with E-state index in [9.17, 15) is 0 Å². The van der Waals surface area contributed by atoms with Gasteiger partial charge in [-0.3, -0.25) is 0 Å². The lowest BCUT2D eigenvalue weighted by molar-refractivity contribution is 0.195. The van der Waals surface area contributed by atoms with Crippen molar-refractivity contribution < 1.29 is 0 Å². The van der Waals surface area contributed by atoms with Crippen molar-refractivity contribution in [2.75, 3.05) is 9.80 Å². The molecule has 4 aromatic rings. The average Bonchev–Trinajstić information content (AvgIpc) is 3.09. The molecule has 2 heteroatoms. The lowest BCUT2D eigenvalue weighted by Crippen LogP contribution is -2.54. The van der Waals surface area contributed by atoms with Gasteiger partial charge in [-0.1, -0.05) is 67.8 Å². The van der Waals surface area contributed by atoms with Gasteiger partial charge in [0.25, 0.3) is 0 Å². The molecule has 0 bridgehead atoms. The summed E-state index contributed by atoms with van der Waals surface area (Å²) in [6, 6.07) is 34.0. The van der Waals surface area contributed by atoms with E-state index in [0.29, 0.717) is 0 Å². The molecule has 4 aromatic carbocycles. The highest BCUT2D eigenvalue weighted by Crippen LogP contribution is 2.61. The topological polar surface area (TPSA) is 6.48 Å². The third-order valence-electron chi connectivity index (χ3n) is 9.13. The third kappa shape index (κ3) is 3.77. The number of para-hydroxylation sites is 1. The van der Waals surface area contributed by atoms with Crippen molar-refractivity contribution in [3.8, 4) is 0 Å². The van der Waals surface area contributed by atoms with E-state index in [0.717, 1.165) is 0 Å². The highest BCUT2D eigenvalue weighted by Gasteiger charge is 2.57. The number of rotatable bonds is 4. The first-order valence-corrected chi connectivity index (χ1v) is 13.8. The predicted molar refractivity (Wildman–Crippen MR) is 158 cm³/mol. The summed E-state index contributed by atoms with van der Waals surface area (Å²) in [6.45, 7) is 11.6. The quantitative estimate of drug-likeness (QED) is 0.283. The maximum absolute atomic E-state index is 2.68. The second kappa shape index (κ2) is 8.80. The van der Waals surface area contributed by atoms with Crippen LogP contribution in [0.1, 0.15) is 61.8 Å². The van der Waals surface area contributed by atoms with Crippen molar-refractivity contribution in [3.05, 3.63) is 113 Å². The van der Waals surface area contributed by atoms with E-state index < -0.39 is 0 Å². The number of aryl methyl sites for hydroxylation is 3. The standard InChI is InChI=1S/C35H38N2/c1-25-15-17-28(18-16-25)36(29-12-10-11-26(2)21-29)30-22-27(3)23-31(24-30)37-33-14-7-6-13-32(33)34(4)19-8-9-20-35(34,37)5/h6-7,10-18,21-24H,8-9,19-20H2,1-5H3. The van der Waals surface area contributed by atoms with Gasteiger partial charge in [0.2, 0.25) is 0 Å². The zero-order valence-electron chi connectivity index (χ0n) is 22.9. The van der Waals surface area contributed by atoms with E-state index in [2.05, 4.69) is 135 Å². The number of fused-ring (bicyclic) bond motifs is 3. The Morgan fingerprint density at radius 1 is 0.622 bits per heavy atom. The summed E-state index contributed by atoms with van der Waals surface area (Å²) >= 11 is 0. The Morgan fingerprint density at radius 3 is 2.14 bits per heavy atom. The highest BCUT2D eigenvalue weighted by molar-refractivity contribution is 5.83. The monoisotopic (exact) mass is 486 g/mol.